The van der Waals surface area contributed by atoms with E-state index in [1.165, 1.54) is 12.5 Å². The molecule has 0 aromatic carbocycles. The molecule has 2 rings (SSSR count). The second-order valence-electron chi connectivity index (χ2n) is 4.86. The van der Waals surface area contributed by atoms with Crippen LogP contribution >= 0.6 is 0 Å². The zero-order valence-electron chi connectivity index (χ0n) is 12.0. The van der Waals surface area contributed by atoms with Crippen molar-refractivity contribution in [2.75, 3.05) is 26.4 Å². The van der Waals surface area contributed by atoms with Gasteiger partial charge in [0.1, 0.15) is 0 Å². The Morgan fingerprint density at radius 2 is 1.29 bits per heavy atom. The summed E-state index contributed by atoms with van der Waals surface area (Å²) in [6.45, 7) is 2.05. The maximum Gasteiger partial charge on any atom is 0.337 e. The fourth-order valence-electron chi connectivity index (χ4n) is 1.98. The Labute approximate surface area is 123 Å². The summed E-state index contributed by atoms with van der Waals surface area (Å²) in [4.78, 5) is 22.2. The van der Waals surface area contributed by atoms with Crippen LogP contribution < -0.4 is 0 Å². The predicted octanol–water partition coefficient (Wildman–Crippen LogP) is 1.85. The first kappa shape index (κ1) is 15.4. The number of hydrogen-bond acceptors (Lipinski definition) is 6. The molecule has 2 heterocycles. The maximum absolute atomic E-state index is 11.1. The predicted molar refractivity (Wildman–Crippen MR) is 73.1 cm³/mol. The van der Waals surface area contributed by atoms with Crippen molar-refractivity contribution in [2.45, 2.75) is 32.1 Å². The second kappa shape index (κ2) is 8.34. The summed E-state index contributed by atoms with van der Waals surface area (Å²) in [5.41, 5.74) is 1.21. The Bertz CT molecular complexity index is 397. The molecule has 0 radical (unpaired) electrons. The summed E-state index contributed by atoms with van der Waals surface area (Å²) < 4.78 is 20.2. The molecular weight excluding hydrogens is 276 g/mol. The van der Waals surface area contributed by atoms with Gasteiger partial charge in [0.25, 0.3) is 0 Å². The standard InChI is InChI=1S/C15H20O6/c16-14-12(4-8-20-14)10-18-6-2-1-3-7-19-11-13-5-9-21-15(13)17/h10-11H,1-9H2. The van der Waals surface area contributed by atoms with Crippen molar-refractivity contribution in [1.29, 1.82) is 0 Å². The van der Waals surface area contributed by atoms with Gasteiger partial charge in [-0.3, -0.25) is 0 Å². The van der Waals surface area contributed by atoms with Crippen molar-refractivity contribution in [3.63, 3.8) is 0 Å². The van der Waals surface area contributed by atoms with E-state index in [0.717, 1.165) is 19.3 Å². The van der Waals surface area contributed by atoms with Gasteiger partial charge in [0.15, 0.2) is 0 Å². The number of hydrogen-bond donors (Lipinski definition) is 0. The van der Waals surface area contributed by atoms with Crippen LogP contribution in [-0.2, 0) is 28.5 Å². The van der Waals surface area contributed by atoms with Gasteiger partial charge in [0, 0.05) is 12.8 Å². The lowest BCUT2D eigenvalue weighted by Crippen LogP contribution is -1.98. The summed E-state index contributed by atoms with van der Waals surface area (Å²) >= 11 is 0. The molecule has 0 N–H and O–H groups in total. The van der Waals surface area contributed by atoms with Gasteiger partial charge >= 0.3 is 11.9 Å². The highest BCUT2D eigenvalue weighted by Crippen LogP contribution is 2.13. The van der Waals surface area contributed by atoms with Crippen LogP contribution in [0.1, 0.15) is 32.1 Å². The van der Waals surface area contributed by atoms with Crippen LogP contribution in [0.25, 0.3) is 0 Å². The molecule has 2 aliphatic heterocycles. The average molecular weight is 296 g/mol. The fraction of sp³-hybridized carbons (Fsp3) is 0.600. The van der Waals surface area contributed by atoms with Crippen LogP contribution in [0, 0.1) is 0 Å². The van der Waals surface area contributed by atoms with E-state index < -0.39 is 0 Å². The van der Waals surface area contributed by atoms with Gasteiger partial charge in [0.05, 0.1) is 50.1 Å². The molecule has 116 valence electrons. The summed E-state index contributed by atoms with van der Waals surface area (Å²) in [5, 5.41) is 0. The first-order valence-corrected chi connectivity index (χ1v) is 7.23. The molecule has 2 saturated heterocycles. The summed E-state index contributed by atoms with van der Waals surface area (Å²) in [6, 6.07) is 0. The van der Waals surface area contributed by atoms with Gasteiger partial charge in [-0.05, 0) is 19.3 Å². The molecule has 0 saturated carbocycles. The zero-order chi connectivity index (χ0) is 14.9. The highest BCUT2D eigenvalue weighted by Gasteiger charge is 2.19. The molecule has 0 spiro atoms. The third kappa shape index (κ3) is 5.13. The van der Waals surface area contributed by atoms with E-state index >= 15 is 0 Å². The minimum absolute atomic E-state index is 0.276. The lowest BCUT2D eigenvalue weighted by Gasteiger charge is -2.03. The normalized spacial score (nSPS) is 21.7. The van der Waals surface area contributed by atoms with Crippen molar-refractivity contribution in [3.8, 4) is 0 Å². The number of carbonyl (C=O) groups excluding carboxylic acids is 2. The van der Waals surface area contributed by atoms with Crippen molar-refractivity contribution in [2.24, 2.45) is 0 Å². The smallest absolute Gasteiger partial charge is 0.337 e. The maximum atomic E-state index is 11.1. The molecule has 0 aliphatic carbocycles. The van der Waals surface area contributed by atoms with Gasteiger partial charge < -0.3 is 18.9 Å². The Morgan fingerprint density at radius 3 is 1.67 bits per heavy atom. The monoisotopic (exact) mass is 296 g/mol. The second-order valence-corrected chi connectivity index (χ2v) is 4.86. The van der Waals surface area contributed by atoms with Crippen LogP contribution in [0.5, 0.6) is 0 Å². The molecule has 0 unspecified atom stereocenters. The largest absolute Gasteiger partial charge is 0.501 e. The Morgan fingerprint density at radius 1 is 0.810 bits per heavy atom. The highest BCUT2D eigenvalue weighted by atomic mass is 16.5. The van der Waals surface area contributed by atoms with E-state index in [1.54, 1.807) is 0 Å². The van der Waals surface area contributed by atoms with Crippen molar-refractivity contribution >= 4 is 11.9 Å². The quantitative estimate of drug-likeness (QED) is 0.295. The van der Waals surface area contributed by atoms with Crippen LogP contribution in [0.2, 0.25) is 0 Å². The van der Waals surface area contributed by atoms with Crippen LogP contribution in [-0.4, -0.2) is 38.4 Å². The van der Waals surface area contributed by atoms with E-state index in [1.807, 2.05) is 0 Å². The van der Waals surface area contributed by atoms with Crippen LogP contribution in [0.15, 0.2) is 23.7 Å². The Balaban J connectivity index is 1.45. The number of ether oxygens (including phenoxy) is 4. The van der Waals surface area contributed by atoms with E-state index in [9.17, 15) is 9.59 Å². The van der Waals surface area contributed by atoms with E-state index in [-0.39, 0.29) is 11.9 Å². The lowest BCUT2D eigenvalue weighted by atomic mass is 10.2. The Kier molecular flexibility index (Phi) is 6.12. The third-order valence-corrected chi connectivity index (χ3v) is 3.21. The highest BCUT2D eigenvalue weighted by molar-refractivity contribution is 5.90. The molecule has 0 atom stereocenters. The van der Waals surface area contributed by atoms with Gasteiger partial charge in [-0.15, -0.1) is 0 Å². The number of unbranched alkanes of at least 4 members (excludes halogenated alkanes) is 2. The molecule has 2 fully saturated rings. The number of esters is 2. The SMILES string of the molecule is O=C1OCCC1=COCCCCCOC=C1CCOC1=O. The molecule has 6 heteroatoms. The number of rotatable bonds is 8. The zero-order valence-corrected chi connectivity index (χ0v) is 12.0. The fourth-order valence-corrected chi connectivity index (χ4v) is 1.98. The van der Waals surface area contributed by atoms with Crippen molar-refractivity contribution in [1.82, 2.24) is 0 Å². The third-order valence-electron chi connectivity index (χ3n) is 3.21. The average Bonchev–Trinajstić information content (AvgIpc) is 3.06. The molecular formula is C15H20O6. The van der Waals surface area contributed by atoms with Crippen molar-refractivity contribution < 1.29 is 28.5 Å². The van der Waals surface area contributed by atoms with Gasteiger partial charge in [-0.25, -0.2) is 9.59 Å². The van der Waals surface area contributed by atoms with Crippen LogP contribution in [0.4, 0.5) is 0 Å². The molecule has 0 amide bonds. The van der Waals surface area contributed by atoms with E-state index in [2.05, 4.69) is 0 Å². The Hall–Kier alpha value is -1.98. The molecule has 2 aliphatic rings. The minimum Gasteiger partial charge on any atom is -0.501 e. The van der Waals surface area contributed by atoms with E-state index in [0.29, 0.717) is 50.4 Å². The minimum atomic E-state index is -0.276. The van der Waals surface area contributed by atoms with Gasteiger partial charge in [-0.1, -0.05) is 0 Å². The first-order chi connectivity index (χ1) is 10.3. The lowest BCUT2D eigenvalue weighted by molar-refractivity contribution is -0.136. The summed E-state index contributed by atoms with van der Waals surface area (Å²) in [6.07, 6.45) is 7.00. The molecule has 0 aromatic heterocycles. The molecule has 0 bridgehead atoms. The van der Waals surface area contributed by atoms with Gasteiger partial charge in [-0.2, -0.15) is 0 Å². The van der Waals surface area contributed by atoms with Crippen molar-refractivity contribution in [3.05, 3.63) is 23.7 Å². The topological polar surface area (TPSA) is 71.1 Å². The van der Waals surface area contributed by atoms with E-state index in [4.69, 9.17) is 18.9 Å². The number of carbonyl (C=O) groups is 2. The number of cyclic esters (lactones) is 2. The molecule has 6 nitrogen and oxygen atoms in total. The summed E-state index contributed by atoms with van der Waals surface area (Å²) in [7, 11) is 0. The van der Waals surface area contributed by atoms with Crippen LogP contribution in [0.3, 0.4) is 0 Å². The molecule has 0 aromatic rings. The first-order valence-electron chi connectivity index (χ1n) is 7.23. The van der Waals surface area contributed by atoms with Gasteiger partial charge in [0.2, 0.25) is 0 Å². The summed E-state index contributed by atoms with van der Waals surface area (Å²) in [5.74, 6) is -0.552. The molecule has 21 heavy (non-hydrogen) atoms.